The summed E-state index contributed by atoms with van der Waals surface area (Å²) in [5.74, 6) is -0.366. The van der Waals surface area contributed by atoms with Gasteiger partial charge in [-0.15, -0.1) is 0 Å². The Kier molecular flexibility index (Phi) is 4.00. The van der Waals surface area contributed by atoms with Crippen LogP contribution >= 0.6 is 0 Å². The summed E-state index contributed by atoms with van der Waals surface area (Å²) in [7, 11) is -1.44. The lowest BCUT2D eigenvalue weighted by molar-refractivity contribution is 0.0469. The SMILES string of the molecule is CN1C[C@@H]2OCCS(=O)(=O)N(Cc3cccc(F)c3)[C@@H]2C1. The fraction of sp³-hybridized carbons (Fsp3) is 0.571. The van der Waals surface area contributed by atoms with Crippen LogP contribution in [0, 0.1) is 5.82 Å². The van der Waals surface area contributed by atoms with Crippen molar-refractivity contribution in [3.63, 3.8) is 0 Å². The van der Waals surface area contributed by atoms with Crippen LogP contribution in [0.4, 0.5) is 4.39 Å². The summed E-state index contributed by atoms with van der Waals surface area (Å²) in [6.07, 6.45) is -0.110. The first-order valence-corrected chi connectivity index (χ1v) is 8.61. The highest BCUT2D eigenvalue weighted by Crippen LogP contribution is 2.26. The molecule has 2 fully saturated rings. The number of fused-ring (bicyclic) bond motifs is 1. The van der Waals surface area contributed by atoms with Crippen molar-refractivity contribution in [3.8, 4) is 0 Å². The van der Waals surface area contributed by atoms with Gasteiger partial charge in [-0.05, 0) is 24.7 Å². The Morgan fingerprint density at radius 2 is 2.19 bits per heavy atom. The first-order valence-electron chi connectivity index (χ1n) is 7.00. The molecule has 0 radical (unpaired) electrons. The Balaban J connectivity index is 1.91. The van der Waals surface area contributed by atoms with Crippen LogP contribution < -0.4 is 0 Å². The third kappa shape index (κ3) is 3.11. The number of halogens is 1. The molecule has 0 spiro atoms. The van der Waals surface area contributed by atoms with Crippen molar-refractivity contribution in [1.82, 2.24) is 9.21 Å². The van der Waals surface area contributed by atoms with Crippen LogP contribution in [0.2, 0.25) is 0 Å². The number of sulfonamides is 1. The molecular formula is C14H19FN2O3S. The lowest BCUT2D eigenvalue weighted by Gasteiger charge is -2.28. The van der Waals surface area contributed by atoms with Gasteiger partial charge in [-0.25, -0.2) is 12.8 Å². The smallest absolute Gasteiger partial charge is 0.217 e. The molecule has 3 rings (SSSR count). The standard InChI is InChI=1S/C14H19FN2O3S/c1-16-9-13-14(10-16)20-5-6-21(18,19)17(13)8-11-3-2-4-12(15)7-11/h2-4,7,13-14H,5-6,8-10H2,1H3/t13-,14+/m1/s1. The Hall–Kier alpha value is -1.02. The molecule has 1 aromatic carbocycles. The van der Waals surface area contributed by atoms with E-state index in [2.05, 4.69) is 4.90 Å². The lowest BCUT2D eigenvalue weighted by Crippen LogP contribution is -2.45. The van der Waals surface area contributed by atoms with E-state index in [0.717, 1.165) is 6.54 Å². The summed E-state index contributed by atoms with van der Waals surface area (Å²) in [6, 6.07) is 5.89. The zero-order valence-corrected chi connectivity index (χ0v) is 12.7. The molecule has 0 saturated carbocycles. The summed E-state index contributed by atoms with van der Waals surface area (Å²) >= 11 is 0. The van der Waals surface area contributed by atoms with Crippen LogP contribution in [-0.2, 0) is 21.3 Å². The van der Waals surface area contributed by atoms with E-state index in [1.807, 2.05) is 7.05 Å². The quantitative estimate of drug-likeness (QED) is 0.805. The monoisotopic (exact) mass is 314 g/mol. The fourth-order valence-corrected chi connectivity index (χ4v) is 4.54. The van der Waals surface area contributed by atoms with Gasteiger partial charge >= 0.3 is 0 Å². The van der Waals surface area contributed by atoms with Gasteiger partial charge in [0.15, 0.2) is 0 Å². The van der Waals surface area contributed by atoms with Gasteiger partial charge in [0.25, 0.3) is 0 Å². The average Bonchev–Trinajstić information content (AvgIpc) is 2.71. The molecule has 0 amide bonds. The zero-order chi connectivity index (χ0) is 15.0. The number of likely N-dealkylation sites (N-methyl/N-ethyl adjacent to an activating group) is 1. The molecule has 2 heterocycles. The minimum absolute atomic E-state index is 0.0149. The fourth-order valence-electron chi connectivity index (χ4n) is 3.04. The van der Waals surface area contributed by atoms with Crippen LogP contribution in [0.5, 0.6) is 0 Å². The molecule has 2 aliphatic heterocycles. The third-order valence-corrected chi connectivity index (χ3v) is 5.84. The molecular weight excluding hydrogens is 295 g/mol. The van der Waals surface area contributed by atoms with Crippen molar-refractivity contribution >= 4 is 10.0 Å². The minimum Gasteiger partial charge on any atom is -0.374 e. The van der Waals surface area contributed by atoms with E-state index in [0.29, 0.717) is 12.1 Å². The van der Waals surface area contributed by atoms with Crippen molar-refractivity contribution < 1.29 is 17.5 Å². The van der Waals surface area contributed by atoms with Gasteiger partial charge in [-0.2, -0.15) is 4.31 Å². The molecule has 21 heavy (non-hydrogen) atoms. The second-order valence-corrected chi connectivity index (χ2v) is 7.73. The molecule has 5 nitrogen and oxygen atoms in total. The predicted octanol–water partition coefficient (Wildman–Crippen LogP) is 0.670. The van der Waals surface area contributed by atoms with Gasteiger partial charge in [-0.1, -0.05) is 12.1 Å². The van der Waals surface area contributed by atoms with E-state index in [9.17, 15) is 12.8 Å². The van der Waals surface area contributed by atoms with E-state index in [1.54, 1.807) is 12.1 Å². The summed E-state index contributed by atoms with van der Waals surface area (Å²) in [6.45, 7) is 1.77. The predicted molar refractivity (Wildman–Crippen MR) is 76.8 cm³/mol. The maximum absolute atomic E-state index is 13.3. The molecule has 0 aliphatic carbocycles. The third-order valence-electron chi connectivity index (χ3n) is 4.05. The maximum atomic E-state index is 13.3. The molecule has 2 atom stereocenters. The molecule has 0 aromatic heterocycles. The van der Waals surface area contributed by atoms with Crippen LogP contribution in [0.3, 0.4) is 0 Å². The van der Waals surface area contributed by atoms with Crippen LogP contribution in [-0.4, -0.2) is 62.3 Å². The summed E-state index contributed by atoms with van der Waals surface area (Å²) < 4.78 is 45.4. The Labute approximate surface area is 124 Å². The second kappa shape index (κ2) is 5.64. The van der Waals surface area contributed by atoms with Crippen molar-refractivity contribution in [1.29, 1.82) is 0 Å². The lowest BCUT2D eigenvalue weighted by atomic mass is 10.1. The number of hydrogen-bond acceptors (Lipinski definition) is 4. The highest BCUT2D eigenvalue weighted by Gasteiger charge is 2.43. The number of rotatable bonds is 2. The van der Waals surface area contributed by atoms with Gasteiger partial charge in [0.2, 0.25) is 10.0 Å². The van der Waals surface area contributed by atoms with Crippen molar-refractivity contribution in [2.75, 3.05) is 32.5 Å². The van der Waals surface area contributed by atoms with Crippen molar-refractivity contribution in [2.24, 2.45) is 0 Å². The Morgan fingerprint density at radius 1 is 1.38 bits per heavy atom. The normalized spacial score (nSPS) is 30.0. The van der Waals surface area contributed by atoms with Crippen molar-refractivity contribution in [2.45, 2.75) is 18.7 Å². The number of benzene rings is 1. The maximum Gasteiger partial charge on any atom is 0.217 e. The molecule has 0 bridgehead atoms. The van der Waals surface area contributed by atoms with E-state index in [4.69, 9.17) is 4.74 Å². The molecule has 116 valence electrons. The topological polar surface area (TPSA) is 49.9 Å². The van der Waals surface area contributed by atoms with Crippen LogP contribution in [0.1, 0.15) is 5.56 Å². The largest absolute Gasteiger partial charge is 0.374 e. The van der Waals surface area contributed by atoms with E-state index in [1.165, 1.54) is 16.4 Å². The minimum atomic E-state index is -3.39. The summed E-state index contributed by atoms with van der Waals surface area (Å²) in [4.78, 5) is 2.06. The Bertz CT molecular complexity index is 622. The highest BCUT2D eigenvalue weighted by molar-refractivity contribution is 7.89. The molecule has 2 aliphatic rings. The number of hydrogen-bond donors (Lipinski definition) is 0. The number of likely N-dealkylation sites (tertiary alicyclic amines) is 1. The first-order chi connectivity index (χ1) is 9.95. The number of nitrogens with zero attached hydrogens (tertiary/aromatic N) is 2. The van der Waals surface area contributed by atoms with Gasteiger partial charge in [-0.3, -0.25) is 0 Å². The van der Waals surface area contributed by atoms with Gasteiger partial charge in [0.05, 0.1) is 24.5 Å². The zero-order valence-electron chi connectivity index (χ0n) is 11.9. The molecule has 1 aromatic rings. The van der Waals surface area contributed by atoms with Gasteiger partial charge < -0.3 is 9.64 Å². The van der Waals surface area contributed by atoms with E-state index in [-0.39, 0.29) is 36.9 Å². The molecule has 2 saturated heterocycles. The first kappa shape index (κ1) is 14.9. The van der Waals surface area contributed by atoms with Gasteiger partial charge in [0, 0.05) is 19.6 Å². The van der Waals surface area contributed by atoms with Crippen LogP contribution in [0.15, 0.2) is 24.3 Å². The van der Waals surface area contributed by atoms with Crippen molar-refractivity contribution in [3.05, 3.63) is 35.6 Å². The molecule has 7 heteroatoms. The number of ether oxygens (including phenoxy) is 1. The highest BCUT2D eigenvalue weighted by atomic mass is 32.2. The average molecular weight is 314 g/mol. The van der Waals surface area contributed by atoms with Crippen LogP contribution in [0.25, 0.3) is 0 Å². The van der Waals surface area contributed by atoms with E-state index >= 15 is 0 Å². The van der Waals surface area contributed by atoms with Gasteiger partial charge in [0.1, 0.15) is 5.82 Å². The molecule has 0 N–H and O–H groups in total. The Morgan fingerprint density at radius 3 is 2.95 bits per heavy atom. The summed E-state index contributed by atoms with van der Waals surface area (Å²) in [5.41, 5.74) is 0.661. The second-order valence-electron chi connectivity index (χ2n) is 5.69. The van der Waals surface area contributed by atoms with E-state index < -0.39 is 10.0 Å². The summed E-state index contributed by atoms with van der Waals surface area (Å²) in [5, 5.41) is 0. The molecule has 0 unspecified atom stereocenters.